The van der Waals surface area contributed by atoms with Crippen molar-refractivity contribution in [2.24, 2.45) is 0 Å². The van der Waals surface area contributed by atoms with Gasteiger partial charge in [-0.3, -0.25) is 9.59 Å². The van der Waals surface area contributed by atoms with E-state index in [2.05, 4.69) is 19.7 Å². The first-order chi connectivity index (χ1) is 10.5. The molecule has 0 aliphatic heterocycles. The average Bonchev–Trinajstić information content (AvgIpc) is 2.43. The van der Waals surface area contributed by atoms with Crippen molar-refractivity contribution < 1.29 is 19.4 Å². The number of carbonyl (C=O) groups excluding carboxylic acids is 1. The number of esters is 1. The SMILES string of the molecule is C=CCC(CC=C)(CC=C)OC(=O)CCCCCCC(=O)O. The molecule has 0 rings (SSSR count). The summed E-state index contributed by atoms with van der Waals surface area (Å²) >= 11 is 0. The van der Waals surface area contributed by atoms with Crippen LogP contribution in [0.25, 0.3) is 0 Å². The van der Waals surface area contributed by atoms with Gasteiger partial charge < -0.3 is 9.84 Å². The van der Waals surface area contributed by atoms with E-state index < -0.39 is 11.6 Å². The normalized spacial score (nSPS) is 10.7. The smallest absolute Gasteiger partial charge is 0.306 e. The summed E-state index contributed by atoms with van der Waals surface area (Å²) in [5.41, 5.74) is -0.619. The standard InChI is InChI=1S/C18H28O4/c1-4-13-18(14-5-2,15-6-3)22-17(21)12-10-8-7-9-11-16(19)20/h4-6H,1-3,7-15H2,(H,19,20). The van der Waals surface area contributed by atoms with Crippen LogP contribution < -0.4 is 0 Å². The summed E-state index contributed by atoms with van der Waals surface area (Å²) in [6.45, 7) is 11.2. The first kappa shape index (κ1) is 20.2. The lowest BCUT2D eigenvalue weighted by Crippen LogP contribution is -2.33. The Balaban J connectivity index is 4.21. The summed E-state index contributed by atoms with van der Waals surface area (Å²) < 4.78 is 5.66. The molecule has 0 aliphatic rings. The molecule has 0 aromatic carbocycles. The molecule has 0 saturated heterocycles. The molecule has 4 nitrogen and oxygen atoms in total. The van der Waals surface area contributed by atoms with Crippen LogP contribution in [0.4, 0.5) is 0 Å². The fourth-order valence-electron chi connectivity index (χ4n) is 2.36. The summed E-state index contributed by atoms with van der Waals surface area (Å²) in [5, 5.41) is 8.54. The number of ether oxygens (including phenoxy) is 1. The Hall–Kier alpha value is -1.84. The molecule has 4 heteroatoms. The van der Waals surface area contributed by atoms with E-state index in [0.717, 1.165) is 12.8 Å². The third-order valence-electron chi connectivity index (χ3n) is 3.40. The van der Waals surface area contributed by atoms with Crippen LogP contribution in [0.2, 0.25) is 0 Å². The largest absolute Gasteiger partial charge is 0.481 e. The molecule has 0 bridgehead atoms. The van der Waals surface area contributed by atoms with E-state index in [9.17, 15) is 9.59 Å². The summed E-state index contributed by atoms with van der Waals surface area (Å²) in [6, 6.07) is 0. The van der Waals surface area contributed by atoms with Crippen LogP contribution in [-0.2, 0) is 14.3 Å². The average molecular weight is 308 g/mol. The van der Waals surface area contributed by atoms with Crippen molar-refractivity contribution in [3.05, 3.63) is 38.0 Å². The van der Waals surface area contributed by atoms with Crippen LogP contribution >= 0.6 is 0 Å². The van der Waals surface area contributed by atoms with Crippen LogP contribution in [-0.4, -0.2) is 22.6 Å². The highest BCUT2D eigenvalue weighted by Crippen LogP contribution is 2.27. The highest BCUT2D eigenvalue weighted by Gasteiger charge is 2.30. The number of hydrogen-bond donors (Lipinski definition) is 1. The monoisotopic (exact) mass is 308 g/mol. The molecule has 124 valence electrons. The Labute approximate surface area is 133 Å². The Bertz CT molecular complexity index is 358. The second-order valence-corrected chi connectivity index (χ2v) is 5.44. The van der Waals surface area contributed by atoms with Gasteiger partial charge in [-0.25, -0.2) is 0 Å². The molecular formula is C18H28O4. The second-order valence-electron chi connectivity index (χ2n) is 5.44. The number of unbranched alkanes of at least 4 members (excludes halogenated alkanes) is 3. The van der Waals surface area contributed by atoms with Gasteiger partial charge in [-0.15, -0.1) is 19.7 Å². The number of aliphatic carboxylic acids is 1. The maximum absolute atomic E-state index is 12.0. The van der Waals surface area contributed by atoms with Crippen LogP contribution in [0, 0.1) is 0 Å². The molecule has 1 N–H and O–H groups in total. The van der Waals surface area contributed by atoms with E-state index >= 15 is 0 Å². The van der Waals surface area contributed by atoms with Gasteiger partial charge in [0.2, 0.25) is 0 Å². The topological polar surface area (TPSA) is 63.6 Å². The lowest BCUT2D eigenvalue weighted by molar-refractivity contribution is -0.159. The summed E-state index contributed by atoms with van der Waals surface area (Å²) in [4.78, 5) is 22.4. The van der Waals surface area contributed by atoms with E-state index in [1.807, 2.05) is 0 Å². The maximum Gasteiger partial charge on any atom is 0.306 e. The minimum Gasteiger partial charge on any atom is -0.481 e. The molecular weight excluding hydrogens is 280 g/mol. The van der Waals surface area contributed by atoms with E-state index in [-0.39, 0.29) is 12.4 Å². The minimum atomic E-state index is -0.775. The highest BCUT2D eigenvalue weighted by molar-refractivity contribution is 5.70. The van der Waals surface area contributed by atoms with Gasteiger partial charge in [0, 0.05) is 32.1 Å². The Morgan fingerprint density at radius 2 is 1.32 bits per heavy atom. The predicted molar refractivity (Wildman–Crippen MR) is 88.6 cm³/mol. The second kappa shape index (κ2) is 11.8. The van der Waals surface area contributed by atoms with Crippen molar-refractivity contribution in [1.29, 1.82) is 0 Å². The van der Waals surface area contributed by atoms with Crippen molar-refractivity contribution >= 4 is 11.9 Å². The molecule has 0 amide bonds. The summed E-state index contributed by atoms with van der Waals surface area (Å²) in [7, 11) is 0. The quantitative estimate of drug-likeness (QED) is 0.293. The van der Waals surface area contributed by atoms with Crippen LogP contribution in [0.15, 0.2) is 38.0 Å². The number of carbonyl (C=O) groups is 2. The molecule has 0 heterocycles. The first-order valence-corrected chi connectivity index (χ1v) is 7.76. The van der Waals surface area contributed by atoms with Gasteiger partial charge in [-0.05, 0) is 12.8 Å². The van der Waals surface area contributed by atoms with Crippen LogP contribution in [0.1, 0.15) is 57.8 Å². The summed E-state index contributed by atoms with van der Waals surface area (Å²) in [5.74, 6) is -1.01. The zero-order valence-corrected chi connectivity index (χ0v) is 13.4. The number of hydrogen-bond acceptors (Lipinski definition) is 3. The maximum atomic E-state index is 12.0. The van der Waals surface area contributed by atoms with Gasteiger partial charge >= 0.3 is 11.9 Å². The first-order valence-electron chi connectivity index (χ1n) is 7.76. The molecule has 0 spiro atoms. The Kier molecular flexibility index (Phi) is 10.8. The molecule has 0 aromatic heterocycles. The van der Waals surface area contributed by atoms with Gasteiger partial charge in [0.05, 0.1) is 0 Å². The van der Waals surface area contributed by atoms with Gasteiger partial charge in [-0.2, -0.15) is 0 Å². The van der Waals surface area contributed by atoms with E-state index in [1.165, 1.54) is 0 Å². The third-order valence-corrected chi connectivity index (χ3v) is 3.40. The Morgan fingerprint density at radius 1 is 0.864 bits per heavy atom. The van der Waals surface area contributed by atoms with E-state index in [1.54, 1.807) is 18.2 Å². The van der Waals surface area contributed by atoms with Gasteiger partial charge in [0.25, 0.3) is 0 Å². The van der Waals surface area contributed by atoms with Gasteiger partial charge in [0.15, 0.2) is 0 Å². The van der Waals surface area contributed by atoms with E-state index in [0.29, 0.717) is 38.5 Å². The molecule has 0 aromatic rings. The highest BCUT2D eigenvalue weighted by atomic mass is 16.6. The fourth-order valence-corrected chi connectivity index (χ4v) is 2.36. The van der Waals surface area contributed by atoms with E-state index in [4.69, 9.17) is 9.84 Å². The molecule has 0 atom stereocenters. The van der Waals surface area contributed by atoms with Gasteiger partial charge in [0.1, 0.15) is 5.60 Å². The summed E-state index contributed by atoms with van der Waals surface area (Å²) in [6.07, 6.45) is 10.5. The lowest BCUT2D eigenvalue weighted by Gasteiger charge is -2.31. The number of carboxylic acids is 1. The molecule has 0 saturated carbocycles. The molecule has 0 radical (unpaired) electrons. The molecule has 22 heavy (non-hydrogen) atoms. The lowest BCUT2D eigenvalue weighted by atomic mass is 9.91. The zero-order chi connectivity index (χ0) is 16.8. The van der Waals surface area contributed by atoms with Crippen molar-refractivity contribution in [1.82, 2.24) is 0 Å². The fraction of sp³-hybridized carbons (Fsp3) is 0.556. The predicted octanol–water partition coefficient (Wildman–Crippen LogP) is 4.42. The molecule has 0 aliphatic carbocycles. The van der Waals surface area contributed by atoms with Gasteiger partial charge in [-0.1, -0.05) is 31.1 Å². The van der Waals surface area contributed by atoms with Crippen LogP contribution in [0.5, 0.6) is 0 Å². The minimum absolute atomic E-state index is 0.186. The van der Waals surface area contributed by atoms with Crippen molar-refractivity contribution in [2.45, 2.75) is 63.4 Å². The number of carboxylic acid groups (broad SMARTS) is 1. The molecule has 0 unspecified atom stereocenters. The van der Waals surface area contributed by atoms with Crippen LogP contribution in [0.3, 0.4) is 0 Å². The van der Waals surface area contributed by atoms with Crippen molar-refractivity contribution in [3.8, 4) is 0 Å². The van der Waals surface area contributed by atoms with Crippen molar-refractivity contribution in [3.63, 3.8) is 0 Å². The number of rotatable bonds is 14. The zero-order valence-electron chi connectivity index (χ0n) is 13.4. The van der Waals surface area contributed by atoms with Crippen molar-refractivity contribution in [2.75, 3.05) is 0 Å². The Morgan fingerprint density at radius 3 is 1.73 bits per heavy atom. The molecule has 0 fully saturated rings. The third kappa shape index (κ3) is 9.16.